The second kappa shape index (κ2) is 6.74. The number of ether oxygens (including phenoxy) is 1. The number of benzene rings is 1. The maximum absolute atomic E-state index is 13.6. The highest BCUT2D eigenvalue weighted by atomic mass is 35.5. The lowest BCUT2D eigenvalue weighted by atomic mass is 9.80. The molecule has 2 atom stereocenters. The fourth-order valence-electron chi connectivity index (χ4n) is 3.38. The van der Waals surface area contributed by atoms with Crippen molar-refractivity contribution >= 4 is 23.2 Å². The highest BCUT2D eigenvalue weighted by Crippen LogP contribution is 2.48. The summed E-state index contributed by atoms with van der Waals surface area (Å²) in [5, 5.41) is 14.9. The summed E-state index contributed by atoms with van der Waals surface area (Å²) in [6.07, 6.45) is -3.32. The van der Waals surface area contributed by atoms with E-state index < -0.39 is 30.3 Å². The number of rotatable bonds is 3. The topological polar surface area (TPSA) is 62.1 Å². The molecule has 0 spiro atoms. The summed E-state index contributed by atoms with van der Waals surface area (Å²) in [7, 11) is 0. The van der Waals surface area contributed by atoms with Crippen LogP contribution in [0.15, 0.2) is 23.3 Å². The highest BCUT2D eigenvalue weighted by molar-refractivity contribution is 6.31. The van der Waals surface area contributed by atoms with Crippen molar-refractivity contribution < 1.29 is 27.8 Å². The highest BCUT2D eigenvalue weighted by Gasteiger charge is 2.68. The molecule has 0 saturated heterocycles. The first kappa shape index (κ1) is 19.0. The lowest BCUT2D eigenvalue weighted by molar-refractivity contribution is -0.317. The molecule has 1 aromatic rings. The summed E-state index contributed by atoms with van der Waals surface area (Å²) >= 11 is 5.90. The maximum atomic E-state index is 13.6. The molecule has 142 valence electrons. The molecule has 9 heteroatoms. The molecule has 1 aliphatic carbocycles. The zero-order valence-electron chi connectivity index (χ0n) is 14.0. The number of carbonyl (C=O) groups excluding carboxylic acids is 1. The standard InChI is InChI=1S/C17H18ClF3N2O3/c1-10-8-11(6-7-13(10)18)26-9-15(24)23-16(25,17(19,20)21)12-4-2-3-5-14(12)22-23/h6-8,12,25H,2-5,9H2,1H3/t12-,16-/m0/s1. The molecule has 26 heavy (non-hydrogen) atoms. The number of halogens is 4. The van der Waals surface area contributed by atoms with Crippen molar-refractivity contribution in [3.63, 3.8) is 0 Å². The number of fused-ring (bicyclic) bond motifs is 1. The van der Waals surface area contributed by atoms with Crippen molar-refractivity contribution in [3.8, 4) is 5.75 Å². The number of hydrogen-bond donors (Lipinski definition) is 1. The van der Waals surface area contributed by atoms with Gasteiger partial charge in [0.25, 0.3) is 11.6 Å². The molecule has 0 aromatic heterocycles. The van der Waals surface area contributed by atoms with E-state index in [2.05, 4.69) is 5.10 Å². The van der Waals surface area contributed by atoms with Gasteiger partial charge in [0, 0.05) is 10.7 Å². The van der Waals surface area contributed by atoms with Gasteiger partial charge in [-0.15, -0.1) is 0 Å². The third-order valence-corrected chi connectivity index (χ3v) is 5.18. The summed E-state index contributed by atoms with van der Waals surface area (Å²) < 4.78 is 46.1. The van der Waals surface area contributed by atoms with Crippen LogP contribution in [0.25, 0.3) is 0 Å². The first-order valence-corrected chi connectivity index (χ1v) is 8.61. The van der Waals surface area contributed by atoms with Gasteiger partial charge in [0.15, 0.2) is 6.61 Å². The lowest BCUT2D eigenvalue weighted by Gasteiger charge is -2.38. The van der Waals surface area contributed by atoms with Gasteiger partial charge in [0.05, 0.1) is 5.92 Å². The predicted octanol–water partition coefficient (Wildman–Crippen LogP) is 3.67. The Morgan fingerprint density at radius 1 is 1.46 bits per heavy atom. The van der Waals surface area contributed by atoms with E-state index in [0.29, 0.717) is 35.6 Å². The van der Waals surface area contributed by atoms with E-state index in [1.165, 1.54) is 6.07 Å². The molecular weight excluding hydrogens is 373 g/mol. The molecule has 0 bridgehead atoms. The Hall–Kier alpha value is -1.80. The number of aryl methyl sites for hydroxylation is 1. The van der Waals surface area contributed by atoms with Crippen molar-refractivity contribution in [3.05, 3.63) is 28.8 Å². The molecule has 1 amide bonds. The summed E-state index contributed by atoms with van der Waals surface area (Å²) in [6, 6.07) is 4.64. The van der Waals surface area contributed by atoms with Gasteiger partial charge in [-0.1, -0.05) is 18.0 Å². The first-order valence-electron chi connectivity index (χ1n) is 8.23. The Morgan fingerprint density at radius 2 is 2.19 bits per heavy atom. The number of aliphatic hydroxyl groups is 1. The molecule has 1 heterocycles. The van der Waals surface area contributed by atoms with Crippen LogP contribution in [0, 0.1) is 12.8 Å². The quantitative estimate of drug-likeness (QED) is 0.856. The van der Waals surface area contributed by atoms with Gasteiger partial charge in [-0.3, -0.25) is 4.79 Å². The molecule has 0 unspecified atom stereocenters. The molecule has 1 N–H and O–H groups in total. The van der Waals surface area contributed by atoms with Crippen LogP contribution in [0.3, 0.4) is 0 Å². The third-order valence-electron chi connectivity index (χ3n) is 4.76. The van der Waals surface area contributed by atoms with E-state index in [1.807, 2.05) is 0 Å². The van der Waals surface area contributed by atoms with Crippen molar-refractivity contribution in [2.75, 3.05) is 6.61 Å². The predicted molar refractivity (Wildman–Crippen MR) is 88.9 cm³/mol. The molecule has 5 nitrogen and oxygen atoms in total. The van der Waals surface area contributed by atoms with Crippen LogP contribution in [-0.2, 0) is 4.79 Å². The minimum absolute atomic E-state index is 0.135. The van der Waals surface area contributed by atoms with E-state index in [0.717, 1.165) is 0 Å². The van der Waals surface area contributed by atoms with Gasteiger partial charge >= 0.3 is 6.18 Å². The van der Waals surface area contributed by atoms with Crippen molar-refractivity contribution in [1.29, 1.82) is 0 Å². The van der Waals surface area contributed by atoms with E-state index in [1.54, 1.807) is 19.1 Å². The fraction of sp³-hybridized carbons (Fsp3) is 0.529. The molecule has 1 saturated carbocycles. The molecule has 1 aromatic carbocycles. The summed E-state index contributed by atoms with van der Waals surface area (Å²) in [5.41, 5.74) is -2.40. The largest absolute Gasteiger partial charge is 0.484 e. The number of nitrogens with zero attached hydrogens (tertiary/aromatic N) is 2. The zero-order valence-corrected chi connectivity index (χ0v) is 14.8. The monoisotopic (exact) mass is 390 g/mol. The van der Waals surface area contributed by atoms with Crippen molar-refractivity contribution in [2.24, 2.45) is 11.0 Å². The van der Waals surface area contributed by atoms with Gasteiger partial charge in [-0.2, -0.15) is 23.3 Å². The smallest absolute Gasteiger partial charge is 0.439 e. The summed E-state index contributed by atoms with van der Waals surface area (Å²) in [5.74, 6) is -1.99. The number of carbonyl (C=O) groups is 1. The van der Waals surface area contributed by atoms with Gasteiger partial charge in [-0.25, -0.2) is 0 Å². The number of hydrogen-bond acceptors (Lipinski definition) is 4. The number of amides is 1. The minimum Gasteiger partial charge on any atom is -0.484 e. The zero-order chi connectivity index (χ0) is 19.1. The van der Waals surface area contributed by atoms with Crippen LogP contribution >= 0.6 is 11.6 Å². The normalized spacial score (nSPS) is 25.7. The van der Waals surface area contributed by atoms with Crippen LogP contribution in [0.1, 0.15) is 31.2 Å². The summed E-state index contributed by atoms with van der Waals surface area (Å²) in [4.78, 5) is 12.4. The molecule has 1 fully saturated rings. The molecule has 2 aliphatic rings. The Kier molecular flexibility index (Phi) is 4.92. The van der Waals surface area contributed by atoms with Gasteiger partial charge in [0.1, 0.15) is 5.75 Å². The fourth-order valence-corrected chi connectivity index (χ4v) is 3.50. The van der Waals surface area contributed by atoms with Gasteiger partial charge in [-0.05, 0) is 49.9 Å². The van der Waals surface area contributed by atoms with Crippen LogP contribution in [0.2, 0.25) is 5.02 Å². The average Bonchev–Trinajstić information content (AvgIpc) is 2.90. The average molecular weight is 391 g/mol. The molecule has 0 radical (unpaired) electrons. The van der Waals surface area contributed by atoms with Crippen LogP contribution < -0.4 is 4.74 Å². The maximum Gasteiger partial charge on any atom is 0.439 e. The molecular formula is C17H18ClF3N2O3. The van der Waals surface area contributed by atoms with Gasteiger partial charge < -0.3 is 9.84 Å². The second-order valence-electron chi connectivity index (χ2n) is 6.52. The van der Waals surface area contributed by atoms with Crippen LogP contribution in [0.5, 0.6) is 5.75 Å². The lowest BCUT2D eigenvalue weighted by Crippen LogP contribution is -2.62. The Labute approximate surface area is 153 Å². The van der Waals surface area contributed by atoms with Crippen molar-refractivity contribution in [2.45, 2.75) is 44.5 Å². The minimum atomic E-state index is -5.02. The third kappa shape index (κ3) is 3.16. The van der Waals surface area contributed by atoms with Crippen LogP contribution in [-0.4, -0.2) is 40.2 Å². The Bertz CT molecular complexity index is 753. The summed E-state index contributed by atoms with van der Waals surface area (Å²) in [6.45, 7) is 1.06. The second-order valence-corrected chi connectivity index (χ2v) is 6.93. The van der Waals surface area contributed by atoms with Crippen molar-refractivity contribution in [1.82, 2.24) is 5.01 Å². The molecule has 1 aliphatic heterocycles. The van der Waals surface area contributed by atoms with E-state index in [-0.39, 0.29) is 17.1 Å². The SMILES string of the molecule is Cc1cc(OCC(=O)N2N=C3CCCC[C@@H]3[C@]2(O)C(F)(F)F)ccc1Cl. The van der Waals surface area contributed by atoms with E-state index in [9.17, 15) is 23.1 Å². The first-order chi connectivity index (χ1) is 12.1. The van der Waals surface area contributed by atoms with E-state index in [4.69, 9.17) is 16.3 Å². The Morgan fingerprint density at radius 3 is 2.85 bits per heavy atom. The number of hydrazone groups is 1. The van der Waals surface area contributed by atoms with Gasteiger partial charge in [0.2, 0.25) is 0 Å². The van der Waals surface area contributed by atoms with Crippen LogP contribution in [0.4, 0.5) is 13.2 Å². The molecule has 3 rings (SSSR count). The van der Waals surface area contributed by atoms with E-state index >= 15 is 0 Å². The Balaban J connectivity index is 1.80. The number of alkyl halides is 3.